The normalized spacial score (nSPS) is 11.9. The zero-order valence-electron chi connectivity index (χ0n) is 9.42. The first kappa shape index (κ1) is 12.9. The first-order valence-corrected chi connectivity index (χ1v) is 6.70. The average Bonchev–Trinajstić information content (AvgIpc) is 2.67. The summed E-state index contributed by atoms with van der Waals surface area (Å²) in [5.74, 6) is 0.760. The lowest BCUT2D eigenvalue weighted by molar-refractivity contribution is 0.311. The topological polar surface area (TPSA) is 24.9 Å². The third-order valence-corrected chi connectivity index (χ3v) is 3.40. The standard InChI is InChI=1S/C11H19ClN2S/c1-11(2,4-3-5-12)9-13-8-10-14-6-7-15-10/h6-7,13H,3-5,8-9H2,1-2H3. The highest BCUT2D eigenvalue weighted by molar-refractivity contribution is 7.09. The largest absolute Gasteiger partial charge is 0.310 e. The van der Waals surface area contributed by atoms with Gasteiger partial charge in [0.25, 0.3) is 0 Å². The minimum atomic E-state index is 0.326. The molecule has 4 heteroatoms. The maximum Gasteiger partial charge on any atom is 0.106 e. The highest BCUT2D eigenvalue weighted by Crippen LogP contribution is 2.21. The van der Waals surface area contributed by atoms with E-state index in [1.807, 2.05) is 11.6 Å². The Bertz CT molecular complexity index is 260. The van der Waals surface area contributed by atoms with Crippen molar-refractivity contribution in [3.8, 4) is 0 Å². The molecule has 0 amide bonds. The Morgan fingerprint density at radius 3 is 2.93 bits per heavy atom. The first-order chi connectivity index (χ1) is 7.14. The van der Waals surface area contributed by atoms with E-state index >= 15 is 0 Å². The number of thiazole rings is 1. The second-order valence-corrected chi connectivity index (χ2v) is 5.84. The SMILES string of the molecule is CC(C)(CCCCl)CNCc1nccs1. The zero-order chi connectivity index (χ0) is 11.1. The van der Waals surface area contributed by atoms with E-state index in [4.69, 9.17) is 11.6 Å². The van der Waals surface area contributed by atoms with Gasteiger partial charge in [-0.3, -0.25) is 0 Å². The molecule has 0 aliphatic carbocycles. The van der Waals surface area contributed by atoms with Crippen LogP contribution in [0.15, 0.2) is 11.6 Å². The molecular formula is C11H19ClN2S. The lowest BCUT2D eigenvalue weighted by atomic mass is 9.88. The summed E-state index contributed by atoms with van der Waals surface area (Å²) in [5, 5.41) is 6.61. The highest BCUT2D eigenvalue weighted by atomic mass is 35.5. The van der Waals surface area contributed by atoms with Crippen LogP contribution in [0.2, 0.25) is 0 Å². The van der Waals surface area contributed by atoms with Crippen LogP contribution in [0.4, 0.5) is 0 Å². The molecule has 0 fully saturated rings. The van der Waals surface area contributed by atoms with Gasteiger partial charge in [-0.2, -0.15) is 0 Å². The van der Waals surface area contributed by atoms with Crippen LogP contribution < -0.4 is 5.32 Å². The fourth-order valence-electron chi connectivity index (χ4n) is 1.48. The van der Waals surface area contributed by atoms with Crippen molar-refractivity contribution >= 4 is 22.9 Å². The Kier molecular flexibility index (Phi) is 5.58. The van der Waals surface area contributed by atoms with Crippen LogP contribution in [-0.2, 0) is 6.54 Å². The predicted octanol–water partition coefficient (Wildman–Crippen LogP) is 3.28. The molecule has 86 valence electrons. The summed E-state index contributed by atoms with van der Waals surface area (Å²) in [4.78, 5) is 4.23. The zero-order valence-corrected chi connectivity index (χ0v) is 11.0. The molecule has 0 atom stereocenters. The van der Waals surface area contributed by atoms with Crippen molar-refractivity contribution < 1.29 is 0 Å². The van der Waals surface area contributed by atoms with Gasteiger partial charge in [0, 0.05) is 30.5 Å². The summed E-state index contributed by atoms with van der Waals surface area (Å²) in [6.45, 7) is 6.44. The molecule has 0 aliphatic heterocycles. The van der Waals surface area contributed by atoms with Gasteiger partial charge in [-0.15, -0.1) is 22.9 Å². The molecule has 1 rings (SSSR count). The van der Waals surface area contributed by atoms with Gasteiger partial charge in [0.2, 0.25) is 0 Å². The summed E-state index contributed by atoms with van der Waals surface area (Å²) in [5.41, 5.74) is 0.326. The van der Waals surface area contributed by atoms with E-state index in [0.29, 0.717) is 5.41 Å². The molecular weight excluding hydrogens is 228 g/mol. The van der Waals surface area contributed by atoms with Crippen molar-refractivity contribution in [2.24, 2.45) is 5.41 Å². The molecule has 0 bridgehead atoms. The minimum Gasteiger partial charge on any atom is -0.310 e. The summed E-state index contributed by atoms with van der Waals surface area (Å²) in [6.07, 6.45) is 4.11. The molecule has 0 spiro atoms. The molecule has 1 heterocycles. The van der Waals surface area contributed by atoms with E-state index in [0.717, 1.165) is 30.4 Å². The Morgan fingerprint density at radius 1 is 1.53 bits per heavy atom. The molecule has 1 aromatic heterocycles. The summed E-state index contributed by atoms with van der Waals surface area (Å²) < 4.78 is 0. The van der Waals surface area contributed by atoms with Crippen LogP contribution in [0.5, 0.6) is 0 Å². The smallest absolute Gasteiger partial charge is 0.106 e. The fourth-order valence-corrected chi connectivity index (χ4v) is 2.20. The van der Waals surface area contributed by atoms with Crippen LogP contribution in [0.3, 0.4) is 0 Å². The summed E-state index contributed by atoms with van der Waals surface area (Å²) in [6, 6.07) is 0. The molecule has 1 aromatic rings. The molecule has 2 nitrogen and oxygen atoms in total. The second-order valence-electron chi connectivity index (χ2n) is 4.49. The maximum absolute atomic E-state index is 5.69. The van der Waals surface area contributed by atoms with Crippen LogP contribution in [0.1, 0.15) is 31.7 Å². The average molecular weight is 247 g/mol. The van der Waals surface area contributed by atoms with Crippen LogP contribution in [0, 0.1) is 5.41 Å². The van der Waals surface area contributed by atoms with Crippen LogP contribution in [0.25, 0.3) is 0 Å². The van der Waals surface area contributed by atoms with E-state index in [-0.39, 0.29) is 0 Å². The summed E-state index contributed by atoms with van der Waals surface area (Å²) in [7, 11) is 0. The number of hydrogen-bond acceptors (Lipinski definition) is 3. The molecule has 15 heavy (non-hydrogen) atoms. The number of nitrogens with one attached hydrogen (secondary N) is 1. The molecule has 0 aliphatic rings. The lowest BCUT2D eigenvalue weighted by Crippen LogP contribution is -2.29. The summed E-state index contributed by atoms with van der Waals surface area (Å²) >= 11 is 7.39. The van der Waals surface area contributed by atoms with Gasteiger partial charge in [-0.25, -0.2) is 4.98 Å². The predicted molar refractivity (Wildman–Crippen MR) is 67.6 cm³/mol. The second kappa shape index (κ2) is 6.46. The monoisotopic (exact) mass is 246 g/mol. The molecule has 0 saturated carbocycles. The van der Waals surface area contributed by atoms with E-state index in [2.05, 4.69) is 24.1 Å². The number of halogens is 1. The van der Waals surface area contributed by atoms with Gasteiger partial charge >= 0.3 is 0 Å². The number of rotatable bonds is 7. The van der Waals surface area contributed by atoms with Gasteiger partial charge in [0.15, 0.2) is 0 Å². The first-order valence-electron chi connectivity index (χ1n) is 5.29. The highest BCUT2D eigenvalue weighted by Gasteiger charge is 2.16. The van der Waals surface area contributed by atoms with Crippen LogP contribution in [-0.4, -0.2) is 17.4 Å². The molecule has 0 radical (unpaired) electrons. The third kappa shape index (κ3) is 5.50. The van der Waals surface area contributed by atoms with Crippen molar-refractivity contribution in [2.75, 3.05) is 12.4 Å². The number of alkyl halides is 1. The van der Waals surface area contributed by atoms with Gasteiger partial charge in [0.05, 0.1) is 0 Å². The van der Waals surface area contributed by atoms with E-state index < -0.39 is 0 Å². The van der Waals surface area contributed by atoms with Crippen LogP contribution >= 0.6 is 22.9 Å². The van der Waals surface area contributed by atoms with Crippen molar-refractivity contribution in [1.29, 1.82) is 0 Å². The number of aromatic nitrogens is 1. The van der Waals surface area contributed by atoms with E-state index in [9.17, 15) is 0 Å². The van der Waals surface area contributed by atoms with Crippen molar-refractivity contribution in [2.45, 2.75) is 33.2 Å². The molecule has 0 aromatic carbocycles. The molecule has 0 unspecified atom stereocenters. The van der Waals surface area contributed by atoms with Gasteiger partial charge in [-0.1, -0.05) is 13.8 Å². The maximum atomic E-state index is 5.69. The third-order valence-electron chi connectivity index (χ3n) is 2.35. The molecule has 1 N–H and O–H groups in total. The van der Waals surface area contributed by atoms with Gasteiger partial charge in [0.1, 0.15) is 5.01 Å². The van der Waals surface area contributed by atoms with Crippen molar-refractivity contribution in [1.82, 2.24) is 10.3 Å². The van der Waals surface area contributed by atoms with Gasteiger partial charge < -0.3 is 5.32 Å². The minimum absolute atomic E-state index is 0.326. The molecule has 0 saturated heterocycles. The Hall–Kier alpha value is -0.120. The number of hydrogen-bond donors (Lipinski definition) is 1. The Balaban J connectivity index is 2.18. The van der Waals surface area contributed by atoms with Crippen molar-refractivity contribution in [3.63, 3.8) is 0 Å². The lowest BCUT2D eigenvalue weighted by Gasteiger charge is -2.24. The number of nitrogens with zero attached hydrogens (tertiary/aromatic N) is 1. The van der Waals surface area contributed by atoms with Gasteiger partial charge in [-0.05, 0) is 18.3 Å². The van der Waals surface area contributed by atoms with E-state index in [1.165, 1.54) is 6.42 Å². The quantitative estimate of drug-likeness (QED) is 0.747. The Labute approximate surface area is 101 Å². The Morgan fingerprint density at radius 2 is 2.33 bits per heavy atom. The van der Waals surface area contributed by atoms with E-state index in [1.54, 1.807) is 11.3 Å². The van der Waals surface area contributed by atoms with Crippen molar-refractivity contribution in [3.05, 3.63) is 16.6 Å². The fraction of sp³-hybridized carbons (Fsp3) is 0.727.